The molecule has 0 aliphatic carbocycles. The molecule has 4 nitrogen and oxygen atoms in total. The molecule has 0 rings (SSSR count). The molecule has 0 saturated heterocycles. The Bertz CT molecular complexity index is 288. The van der Waals surface area contributed by atoms with E-state index < -0.39 is 0 Å². The number of carbonyl (C=O) groups is 1. The van der Waals surface area contributed by atoms with Crippen molar-refractivity contribution in [3.63, 3.8) is 0 Å². The zero-order chi connectivity index (χ0) is 18.1. The molecule has 0 heterocycles. The molecule has 25 heavy (non-hydrogen) atoms. The molecule has 0 amide bonds. The van der Waals surface area contributed by atoms with Gasteiger partial charge in [-0.05, 0) is 27.2 Å². The fourth-order valence-electron chi connectivity index (χ4n) is 3.02. The zero-order valence-corrected chi connectivity index (χ0v) is 17.9. The lowest BCUT2D eigenvalue weighted by Gasteiger charge is -2.35. The molecule has 0 aliphatic heterocycles. The summed E-state index contributed by atoms with van der Waals surface area (Å²) < 4.78 is 12.0. The number of likely N-dealkylation sites (N-methyl/N-ethyl adjacent to an activating group) is 1. The number of nitrogens with zero attached hydrogens (tertiary/aromatic N) is 1. The van der Waals surface area contributed by atoms with Crippen LogP contribution in [0.5, 0.6) is 0 Å². The summed E-state index contributed by atoms with van der Waals surface area (Å²) in [5.74, 6) is -0.0760. The number of quaternary nitrogens is 1. The molecule has 0 bridgehead atoms. The van der Waals surface area contributed by atoms with Gasteiger partial charge >= 0.3 is 5.97 Å². The van der Waals surface area contributed by atoms with Crippen LogP contribution >= 0.6 is 0 Å². The summed E-state index contributed by atoms with van der Waals surface area (Å²) >= 11 is 0. The maximum Gasteiger partial charge on any atom is 0.305 e. The minimum Gasteiger partial charge on any atom is -1.00 e. The van der Waals surface area contributed by atoms with Gasteiger partial charge in [0, 0.05) is 6.42 Å². The fourth-order valence-corrected chi connectivity index (χ4v) is 3.02. The van der Waals surface area contributed by atoms with Gasteiger partial charge in [-0.2, -0.15) is 0 Å². The van der Waals surface area contributed by atoms with Gasteiger partial charge in [-0.1, -0.05) is 45.4 Å². The Kier molecular flexibility index (Phi) is 19.9. The van der Waals surface area contributed by atoms with Gasteiger partial charge in [0.15, 0.2) is 0 Å². The normalized spacial score (nSPS) is 11.2. The second-order valence-corrected chi connectivity index (χ2v) is 6.72. The molecular formula is C20H42ClNO3. The van der Waals surface area contributed by atoms with Crippen LogP contribution in [0.1, 0.15) is 79.1 Å². The number of carbonyl (C=O) groups excluding carboxylic acids is 1. The first-order valence-electron chi connectivity index (χ1n) is 10.2. The highest BCUT2D eigenvalue weighted by Crippen LogP contribution is 2.09. The quantitative estimate of drug-likeness (QED) is 0.218. The molecule has 0 N–H and O–H groups in total. The highest BCUT2D eigenvalue weighted by molar-refractivity contribution is 5.69. The number of halogens is 1. The largest absolute Gasteiger partial charge is 1.00 e. The molecule has 0 unspecified atom stereocenters. The van der Waals surface area contributed by atoms with Gasteiger partial charge in [0.2, 0.25) is 0 Å². The molecule has 0 aromatic heterocycles. The number of hydrogen-bond acceptors (Lipinski definition) is 3. The molecule has 0 atom stereocenters. The van der Waals surface area contributed by atoms with Gasteiger partial charge in [-0.3, -0.25) is 4.79 Å². The summed E-state index contributed by atoms with van der Waals surface area (Å²) in [5.41, 5.74) is 0. The van der Waals surface area contributed by atoms with Crippen molar-refractivity contribution >= 4 is 5.97 Å². The topological polar surface area (TPSA) is 35.5 Å². The van der Waals surface area contributed by atoms with Crippen molar-refractivity contribution < 1.29 is 31.2 Å². The van der Waals surface area contributed by atoms with Crippen LogP contribution in [-0.2, 0) is 14.3 Å². The van der Waals surface area contributed by atoms with Crippen LogP contribution in [0.2, 0.25) is 0 Å². The van der Waals surface area contributed by atoms with E-state index in [-0.39, 0.29) is 18.4 Å². The third-order valence-corrected chi connectivity index (χ3v) is 5.20. The molecule has 0 aromatic carbocycles. The van der Waals surface area contributed by atoms with Crippen molar-refractivity contribution in [3.8, 4) is 0 Å². The average Bonchev–Trinajstić information content (AvgIpc) is 2.61. The first kappa shape index (κ1) is 26.9. The standard InChI is InChI=1S/C20H42NO3.ClH/c1-5-9-10-11-12-13-14-15-20(22)24-19-18-23-17-16-21(6-2,7-3)8-4;/h5-19H2,1-4H3;1H/q+1;/p-1. The molecule has 0 radical (unpaired) electrons. The van der Waals surface area contributed by atoms with Crippen LogP contribution in [0.15, 0.2) is 0 Å². The molecule has 0 aliphatic rings. The van der Waals surface area contributed by atoms with Crippen molar-refractivity contribution in [1.29, 1.82) is 0 Å². The van der Waals surface area contributed by atoms with Gasteiger partial charge < -0.3 is 26.4 Å². The predicted molar refractivity (Wildman–Crippen MR) is 101 cm³/mol. The van der Waals surface area contributed by atoms with Gasteiger partial charge in [-0.15, -0.1) is 0 Å². The van der Waals surface area contributed by atoms with E-state index in [9.17, 15) is 4.79 Å². The molecule has 152 valence electrons. The number of hydrogen-bond donors (Lipinski definition) is 0. The molecular weight excluding hydrogens is 338 g/mol. The van der Waals surface area contributed by atoms with Crippen LogP contribution in [-0.4, -0.2) is 56.5 Å². The van der Waals surface area contributed by atoms with Crippen molar-refractivity contribution in [2.45, 2.75) is 79.1 Å². The summed E-state index contributed by atoms with van der Waals surface area (Å²) in [6, 6.07) is 0. The first-order chi connectivity index (χ1) is 11.6. The Balaban J connectivity index is 0. The number of ether oxygens (including phenoxy) is 2. The van der Waals surface area contributed by atoms with Crippen molar-refractivity contribution in [3.05, 3.63) is 0 Å². The van der Waals surface area contributed by atoms with Crippen LogP contribution < -0.4 is 12.4 Å². The number of unbranched alkanes of at least 4 members (excludes halogenated alkanes) is 6. The third kappa shape index (κ3) is 14.5. The van der Waals surface area contributed by atoms with E-state index in [2.05, 4.69) is 27.7 Å². The number of rotatable bonds is 17. The highest BCUT2D eigenvalue weighted by Gasteiger charge is 2.19. The second-order valence-electron chi connectivity index (χ2n) is 6.72. The van der Waals surface area contributed by atoms with Gasteiger partial charge in [-0.25, -0.2) is 0 Å². The lowest BCUT2D eigenvalue weighted by atomic mass is 10.1. The summed E-state index contributed by atoms with van der Waals surface area (Å²) in [7, 11) is 0. The average molecular weight is 380 g/mol. The van der Waals surface area contributed by atoms with E-state index in [0.717, 1.165) is 50.1 Å². The monoisotopic (exact) mass is 379 g/mol. The second kappa shape index (κ2) is 18.5. The number of esters is 1. The molecule has 0 spiro atoms. The molecule has 5 heteroatoms. The SMILES string of the molecule is CCCCCCCCCC(=O)OCCOCC[N+](CC)(CC)CC.[Cl-]. The Hall–Kier alpha value is -0.320. The van der Waals surface area contributed by atoms with E-state index >= 15 is 0 Å². The maximum absolute atomic E-state index is 11.6. The first-order valence-corrected chi connectivity index (χ1v) is 10.2. The van der Waals surface area contributed by atoms with Crippen molar-refractivity contribution in [2.75, 3.05) is 46.0 Å². The van der Waals surface area contributed by atoms with Gasteiger partial charge in [0.25, 0.3) is 0 Å². The van der Waals surface area contributed by atoms with E-state index in [1.165, 1.54) is 32.1 Å². The summed E-state index contributed by atoms with van der Waals surface area (Å²) in [6.45, 7) is 15.0. The summed E-state index contributed by atoms with van der Waals surface area (Å²) in [5, 5.41) is 0. The fraction of sp³-hybridized carbons (Fsp3) is 0.950. The maximum atomic E-state index is 11.6. The third-order valence-electron chi connectivity index (χ3n) is 5.20. The lowest BCUT2D eigenvalue weighted by Crippen LogP contribution is -3.00. The van der Waals surface area contributed by atoms with E-state index in [0.29, 0.717) is 19.6 Å². The minimum atomic E-state index is -0.0760. The van der Waals surface area contributed by atoms with Gasteiger partial charge in [0.05, 0.1) is 32.8 Å². The summed E-state index contributed by atoms with van der Waals surface area (Å²) in [4.78, 5) is 11.6. The van der Waals surface area contributed by atoms with Crippen LogP contribution in [0.25, 0.3) is 0 Å². The Morgan fingerprint density at radius 3 is 1.88 bits per heavy atom. The Labute approximate surface area is 162 Å². The lowest BCUT2D eigenvalue weighted by molar-refractivity contribution is -0.923. The Morgan fingerprint density at radius 1 is 0.760 bits per heavy atom. The molecule has 0 saturated carbocycles. The Morgan fingerprint density at radius 2 is 1.32 bits per heavy atom. The van der Waals surface area contributed by atoms with Crippen molar-refractivity contribution in [1.82, 2.24) is 0 Å². The van der Waals surface area contributed by atoms with Crippen LogP contribution in [0, 0.1) is 0 Å². The smallest absolute Gasteiger partial charge is 0.305 e. The molecule has 0 aromatic rings. The predicted octanol–water partition coefficient (Wildman–Crippen LogP) is 1.57. The summed E-state index contributed by atoms with van der Waals surface area (Å²) in [6.07, 6.45) is 9.12. The highest BCUT2D eigenvalue weighted by atomic mass is 35.5. The van der Waals surface area contributed by atoms with Crippen LogP contribution in [0.3, 0.4) is 0 Å². The van der Waals surface area contributed by atoms with E-state index in [1.54, 1.807) is 0 Å². The zero-order valence-electron chi connectivity index (χ0n) is 17.2. The van der Waals surface area contributed by atoms with Crippen molar-refractivity contribution in [2.24, 2.45) is 0 Å². The van der Waals surface area contributed by atoms with Gasteiger partial charge in [0.1, 0.15) is 13.2 Å². The minimum absolute atomic E-state index is 0. The molecule has 0 fully saturated rings. The van der Waals surface area contributed by atoms with E-state index in [4.69, 9.17) is 9.47 Å². The van der Waals surface area contributed by atoms with E-state index in [1.807, 2.05) is 0 Å². The van der Waals surface area contributed by atoms with Crippen LogP contribution in [0.4, 0.5) is 0 Å².